The molecule has 0 aromatic carbocycles. The number of unbranched alkanes of at least 4 members (excludes halogenated alkanes) is 36. The standard InChI is InChI=1S/C70H152N6O4/c1-13-17-21-25-29-33-37-41-45-49-55-73(5,6)63-67(77)59-71(60-68(78)64-74(7,8)56-50-46-42-38-34-30-26-22-18-14-2)53-54-72(61-69(79)65-75(9,10)57-51-47-43-39-35-31-27-23-19-15-3)62-70(80)66-76(11,12)58-52-48-44-40-36-32-28-24-20-16-4/h67-70,77-80H,13-66H2,1-12H3/q+4. The lowest BCUT2D eigenvalue weighted by Gasteiger charge is -2.38. The second kappa shape index (κ2) is 51.8. The normalized spacial score (nSPS) is 14.5. The van der Waals surface area contributed by atoms with Gasteiger partial charge in [-0.2, -0.15) is 0 Å². The zero-order chi connectivity index (χ0) is 59.6. The Labute approximate surface area is 502 Å². The maximum absolute atomic E-state index is 11.9. The van der Waals surface area contributed by atoms with E-state index in [0.717, 1.165) is 44.1 Å². The predicted molar refractivity (Wildman–Crippen MR) is 352 cm³/mol. The predicted octanol–water partition coefficient (Wildman–Crippen LogP) is 15.0. The quantitative estimate of drug-likeness (QED) is 0.0359. The van der Waals surface area contributed by atoms with E-state index in [1.807, 2.05) is 0 Å². The van der Waals surface area contributed by atoms with Gasteiger partial charge in [0.1, 0.15) is 50.6 Å². The summed E-state index contributed by atoms with van der Waals surface area (Å²) in [4.78, 5) is 4.64. The van der Waals surface area contributed by atoms with Crippen LogP contribution in [0.25, 0.3) is 0 Å². The van der Waals surface area contributed by atoms with Crippen LogP contribution in [-0.2, 0) is 0 Å². The van der Waals surface area contributed by atoms with E-state index in [4.69, 9.17) is 0 Å². The molecule has 0 aliphatic carbocycles. The van der Waals surface area contributed by atoms with Crippen molar-refractivity contribution >= 4 is 0 Å². The van der Waals surface area contributed by atoms with Crippen LogP contribution in [0.5, 0.6) is 0 Å². The number of quaternary nitrogens is 4. The molecule has 0 radical (unpaired) electrons. The van der Waals surface area contributed by atoms with Gasteiger partial charge in [-0.3, -0.25) is 9.80 Å². The Kier molecular flexibility index (Phi) is 51.5. The van der Waals surface area contributed by atoms with Gasteiger partial charge >= 0.3 is 0 Å². The van der Waals surface area contributed by atoms with Crippen molar-refractivity contribution in [3.63, 3.8) is 0 Å². The van der Waals surface area contributed by atoms with Crippen molar-refractivity contribution < 1.29 is 38.4 Å². The van der Waals surface area contributed by atoms with Gasteiger partial charge in [-0.15, -0.1) is 0 Å². The molecule has 0 saturated heterocycles. The van der Waals surface area contributed by atoms with Gasteiger partial charge in [0.05, 0.1) is 82.6 Å². The first kappa shape index (κ1) is 79.6. The van der Waals surface area contributed by atoms with Gasteiger partial charge in [0.25, 0.3) is 0 Å². The van der Waals surface area contributed by atoms with Crippen molar-refractivity contribution in [2.24, 2.45) is 0 Å². The van der Waals surface area contributed by atoms with Gasteiger partial charge < -0.3 is 38.4 Å². The first-order valence-corrected chi connectivity index (χ1v) is 35.6. The van der Waals surface area contributed by atoms with Crippen LogP contribution in [-0.4, -0.2) is 221 Å². The monoisotopic (exact) mass is 1140 g/mol. The molecule has 4 atom stereocenters. The van der Waals surface area contributed by atoms with Gasteiger partial charge in [-0.1, -0.05) is 233 Å². The van der Waals surface area contributed by atoms with Crippen LogP contribution in [0.1, 0.15) is 285 Å². The zero-order valence-corrected chi connectivity index (χ0v) is 57.0. The number of likely N-dealkylation sites (N-methyl/N-ethyl adjacent to an activating group) is 4. The van der Waals surface area contributed by atoms with Crippen LogP contribution in [0.3, 0.4) is 0 Å². The van der Waals surface area contributed by atoms with E-state index in [-0.39, 0.29) is 0 Å². The fourth-order valence-corrected chi connectivity index (χ4v) is 13.0. The maximum Gasteiger partial charge on any atom is 0.115 e. The molecule has 0 aromatic rings. The number of hydrogen-bond acceptors (Lipinski definition) is 6. The summed E-state index contributed by atoms with van der Waals surface area (Å²) >= 11 is 0. The van der Waals surface area contributed by atoms with Crippen molar-refractivity contribution in [2.45, 2.75) is 309 Å². The number of aliphatic hydroxyl groups is 4. The Morgan fingerprint density at radius 3 is 0.512 bits per heavy atom. The molecule has 4 N–H and O–H groups in total. The highest BCUT2D eigenvalue weighted by atomic mass is 16.3. The summed E-state index contributed by atoms with van der Waals surface area (Å²) in [5.74, 6) is 0. The minimum atomic E-state index is -0.521. The third-order valence-electron chi connectivity index (χ3n) is 17.9. The first-order valence-electron chi connectivity index (χ1n) is 35.6. The van der Waals surface area contributed by atoms with Crippen LogP contribution in [0, 0.1) is 0 Å². The third-order valence-corrected chi connectivity index (χ3v) is 17.9. The molecule has 0 heterocycles. The van der Waals surface area contributed by atoms with Gasteiger partial charge in [0, 0.05) is 39.3 Å². The number of hydrogen-bond donors (Lipinski definition) is 4. The largest absolute Gasteiger partial charge is 0.386 e. The topological polar surface area (TPSA) is 87.4 Å². The molecule has 0 aliphatic heterocycles. The van der Waals surface area contributed by atoms with Gasteiger partial charge in [0.15, 0.2) is 0 Å². The average Bonchev–Trinajstić information content (AvgIpc) is 3.36. The number of aliphatic hydroxyl groups excluding tert-OH is 4. The molecule has 0 rings (SSSR count). The maximum atomic E-state index is 11.9. The summed E-state index contributed by atoms with van der Waals surface area (Å²) in [7, 11) is 18.2. The van der Waals surface area contributed by atoms with Crippen molar-refractivity contribution in [2.75, 3.05) is 148 Å². The molecule has 0 aromatic heterocycles. The van der Waals surface area contributed by atoms with Gasteiger partial charge in [0.2, 0.25) is 0 Å². The highest BCUT2D eigenvalue weighted by Crippen LogP contribution is 2.18. The van der Waals surface area contributed by atoms with E-state index in [0.29, 0.717) is 65.4 Å². The second-order valence-corrected chi connectivity index (χ2v) is 29.2. The molecule has 10 nitrogen and oxygen atoms in total. The van der Waals surface area contributed by atoms with Gasteiger partial charge in [-0.25, -0.2) is 0 Å². The summed E-state index contributed by atoms with van der Waals surface area (Å²) in [5, 5.41) is 47.7. The van der Waals surface area contributed by atoms with Gasteiger partial charge in [-0.05, 0) is 51.4 Å². The molecule has 80 heavy (non-hydrogen) atoms. The summed E-state index contributed by atoms with van der Waals surface area (Å²) in [5.41, 5.74) is 0. The van der Waals surface area contributed by atoms with Crippen LogP contribution >= 0.6 is 0 Å². The van der Waals surface area contributed by atoms with Crippen molar-refractivity contribution in [1.29, 1.82) is 0 Å². The Morgan fingerprint density at radius 2 is 0.362 bits per heavy atom. The summed E-state index contributed by atoms with van der Waals surface area (Å²) in [6.07, 6.45) is 51.1. The number of nitrogens with zero attached hydrogens (tertiary/aromatic N) is 6. The van der Waals surface area contributed by atoms with Crippen LogP contribution < -0.4 is 0 Å². The lowest BCUT2D eigenvalue weighted by Crippen LogP contribution is -2.54. The van der Waals surface area contributed by atoms with E-state index >= 15 is 0 Å². The molecule has 4 unspecified atom stereocenters. The van der Waals surface area contributed by atoms with Crippen molar-refractivity contribution in [3.05, 3.63) is 0 Å². The lowest BCUT2D eigenvalue weighted by molar-refractivity contribution is -0.894. The Hall–Kier alpha value is -0.400. The third kappa shape index (κ3) is 53.1. The fourth-order valence-electron chi connectivity index (χ4n) is 13.0. The zero-order valence-electron chi connectivity index (χ0n) is 57.0. The smallest absolute Gasteiger partial charge is 0.115 e. The van der Waals surface area contributed by atoms with Crippen LogP contribution in [0.15, 0.2) is 0 Å². The Balaban J connectivity index is 6.03. The minimum absolute atomic E-state index is 0.507. The van der Waals surface area contributed by atoms with Crippen LogP contribution in [0.2, 0.25) is 0 Å². The Bertz CT molecular complexity index is 1110. The molecule has 482 valence electrons. The van der Waals surface area contributed by atoms with E-state index in [1.165, 1.54) is 257 Å². The minimum Gasteiger partial charge on any atom is -0.386 e. The lowest BCUT2D eigenvalue weighted by atomic mass is 10.1. The molecular weight excluding hydrogens is 989 g/mol. The van der Waals surface area contributed by atoms with E-state index in [1.54, 1.807) is 0 Å². The first-order chi connectivity index (χ1) is 38.2. The SMILES string of the molecule is CCCCCCCCCCCC[N+](C)(C)CC(O)CN(CCN(CC(O)C[N+](C)(C)CCCCCCCCCCCC)CC(O)C[N+](C)(C)CCCCCCCCCCCC)CC(O)C[N+](C)(C)CCCCCCCCCCCC. The summed E-state index contributed by atoms with van der Waals surface area (Å²) in [6.45, 7) is 19.5. The number of rotatable bonds is 63. The molecule has 0 aliphatic rings. The highest BCUT2D eigenvalue weighted by molar-refractivity contribution is 4.75. The molecular formula is C70H152N6O4+4. The average molecular weight is 1140 g/mol. The fraction of sp³-hybridized carbons (Fsp3) is 1.00. The highest BCUT2D eigenvalue weighted by Gasteiger charge is 2.30. The van der Waals surface area contributed by atoms with Crippen molar-refractivity contribution in [1.82, 2.24) is 9.80 Å². The molecule has 0 bridgehead atoms. The summed E-state index contributed by atoms with van der Waals surface area (Å²) in [6, 6.07) is 0. The van der Waals surface area contributed by atoms with Crippen molar-refractivity contribution in [3.8, 4) is 0 Å². The van der Waals surface area contributed by atoms with E-state index < -0.39 is 24.4 Å². The molecule has 10 heteroatoms. The second-order valence-electron chi connectivity index (χ2n) is 29.2. The summed E-state index contributed by atoms with van der Waals surface area (Å²) < 4.78 is 3.18. The molecule has 0 fully saturated rings. The Morgan fingerprint density at radius 1 is 0.225 bits per heavy atom. The molecule has 0 amide bonds. The van der Waals surface area contributed by atoms with E-state index in [9.17, 15) is 20.4 Å². The van der Waals surface area contributed by atoms with E-state index in [2.05, 4.69) is 93.9 Å². The molecule has 0 saturated carbocycles. The van der Waals surface area contributed by atoms with Crippen LogP contribution in [0.4, 0.5) is 0 Å². The molecule has 0 spiro atoms.